The first-order valence-corrected chi connectivity index (χ1v) is 5.24. The summed E-state index contributed by atoms with van der Waals surface area (Å²) < 4.78 is 18.7. The number of alkyl halides is 1. The smallest absolute Gasteiger partial charge is 0.115 e. The number of halogens is 1. The van der Waals surface area contributed by atoms with E-state index in [-0.39, 0.29) is 5.54 Å². The third-order valence-electron chi connectivity index (χ3n) is 3.34. The molecule has 0 unspecified atom stereocenters. The van der Waals surface area contributed by atoms with Crippen molar-refractivity contribution in [2.75, 3.05) is 26.3 Å². The average Bonchev–Trinajstić information content (AvgIpc) is 2.57. The SMILES string of the molecule is CCOC[C@@]12CCCN1C[C@H](F)C2. The van der Waals surface area contributed by atoms with E-state index in [1.54, 1.807) is 0 Å². The second kappa shape index (κ2) is 3.54. The summed E-state index contributed by atoms with van der Waals surface area (Å²) in [6.45, 7) is 5.16. The van der Waals surface area contributed by atoms with Crippen LogP contribution in [0.3, 0.4) is 0 Å². The van der Waals surface area contributed by atoms with E-state index in [1.165, 1.54) is 6.42 Å². The predicted molar refractivity (Wildman–Crippen MR) is 49.5 cm³/mol. The van der Waals surface area contributed by atoms with E-state index >= 15 is 0 Å². The van der Waals surface area contributed by atoms with Crippen molar-refractivity contribution in [1.82, 2.24) is 4.90 Å². The van der Waals surface area contributed by atoms with Gasteiger partial charge in [-0.25, -0.2) is 4.39 Å². The van der Waals surface area contributed by atoms with Gasteiger partial charge in [-0.05, 0) is 26.3 Å². The molecule has 0 aromatic heterocycles. The maximum Gasteiger partial charge on any atom is 0.115 e. The van der Waals surface area contributed by atoms with Gasteiger partial charge in [0, 0.05) is 25.1 Å². The van der Waals surface area contributed by atoms with Crippen LogP contribution >= 0.6 is 0 Å². The van der Waals surface area contributed by atoms with E-state index in [4.69, 9.17) is 4.74 Å². The van der Waals surface area contributed by atoms with Crippen LogP contribution in [0.1, 0.15) is 26.2 Å². The molecule has 0 N–H and O–H groups in total. The lowest BCUT2D eigenvalue weighted by atomic mass is 9.95. The monoisotopic (exact) mass is 187 g/mol. The largest absolute Gasteiger partial charge is 0.380 e. The Bertz CT molecular complexity index is 188. The van der Waals surface area contributed by atoms with Gasteiger partial charge in [-0.3, -0.25) is 4.90 Å². The molecule has 0 aromatic rings. The lowest BCUT2D eigenvalue weighted by molar-refractivity contribution is 0.0413. The number of fused-ring (bicyclic) bond motifs is 1. The summed E-state index contributed by atoms with van der Waals surface area (Å²) in [6, 6.07) is 0. The van der Waals surface area contributed by atoms with E-state index in [2.05, 4.69) is 4.90 Å². The van der Waals surface area contributed by atoms with Crippen LogP contribution in [0.15, 0.2) is 0 Å². The molecule has 3 heteroatoms. The summed E-state index contributed by atoms with van der Waals surface area (Å²) in [5.74, 6) is 0. The lowest BCUT2D eigenvalue weighted by Crippen LogP contribution is -2.42. The Balaban J connectivity index is 2.00. The van der Waals surface area contributed by atoms with Crippen molar-refractivity contribution in [3.8, 4) is 0 Å². The van der Waals surface area contributed by atoms with Crippen LogP contribution < -0.4 is 0 Å². The van der Waals surface area contributed by atoms with Crippen molar-refractivity contribution in [1.29, 1.82) is 0 Å². The molecule has 0 spiro atoms. The Hall–Kier alpha value is -0.150. The average molecular weight is 187 g/mol. The first-order chi connectivity index (χ1) is 6.27. The molecule has 2 saturated heterocycles. The Morgan fingerprint density at radius 2 is 2.46 bits per heavy atom. The summed E-state index contributed by atoms with van der Waals surface area (Å²) in [5, 5.41) is 0. The Morgan fingerprint density at radius 3 is 3.23 bits per heavy atom. The van der Waals surface area contributed by atoms with Crippen LogP contribution in [-0.2, 0) is 4.74 Å². The Morgan fingerprint density at radius 1 is 1.62 bits per heavy atom. The van der Waals surface area contributed by atoms with Crippen LogP contribution in [0.2, 0.25) is 0 Å². The van der Waals surface area contributed by atoms with Crippen LogP contribution in [-0.4, -0.2) is 42.9 Å². The van der Waals surface area contributed by atoms with Gasteiger partial charge in [-0.15, -0.1) is 0 Å². The summed E-state index contributed by atoms with van der Waals surface area (Å²) in [7, 11) is 0. The highest BCUT2D eigenvalue weighted by Gasteiger charge is 2.48. The number of rotatable bonds is 3. The van der Waals surface area contributed by atoms with Crippen molar-refractivity contribution in [3.05, 3.63) is 0 Å². The van der Waals surface area contributed by atoms with Gasteiger partial charge in [0.05, 0.1) is 6.61 Å². The first-order valence-electron chi connectivity index (χ1n) is 5.24. The number of hydrogen-bond acceptors (Lipinski definition) is 2. The zero-order chi connectivity index (χ0) is 9.31. The van der Waals surface area contributed by atoms with Gasteiger partial charge in [-0.1, -0.05) is 0 Å². The minimum atomic E-state index is -0.624. The fourth-order valence-electron chi connectivity index (χ4n) is 2.74. The van der Waals surface area contributed by atoms with Gasteiger partial charge >= 0.3 is 0 Å². The molecular weight excluding hydrogens is 169 g/mol. The van der Waals surface area contributed by atoms with Gasteiger partial charge in [0.15, 0.2) is 0 Å². The van der Waals surface area contributed by atoms with E-state index in [9.17, 15) is 4.39 Å². The molecule has 2 nitrogen and oxygen atoms in total. The fraction of sp³-hybridized carbons (Fsp3) is 1.00. The van der Waals surface area contributed by atoms with E-state index in [0.717, 1.165) is 26.2 Å². The Kier molecular flexibility index (Phi) is 2.56. The molecule has 2 aliphatic rings. The third kappa shape index (κ3) is 1.59. The molecule has 0 aromatic carbocycles. The second-order valence-electron chi connectivity index (χ2n) is 4.21. The minimum absolute atomic E-state index is 0.0649. The first kappa shape index (κ1) is 9.41. The van der Waals surface area contributed by atoms with Gasteiger partial charge in [0.25, 0.3) is 0 Å². The maximum absolute atomic E-state index is 13.2. The van der Waals surface area contributed by atoms with Crippen LogP contribution in [0, 0.1) is 0 Å². The highest BCUT2D eigenvalue weighted by Crippen LogP contribution is 2.40. The highest BCUT2D eigenvalue weighted by molar-refractivity contribution is 5.03. The molecule has 0 amide bonds. The maximum atomic E-state index is 13.2. The van der Waals surface area contributed by atoms with Crippen LogP contribution in [0.5, 0.6) is 0 Å². The molecule has 2 rings (SSSR count). The predicted octanol–water partition coefficient (Wildman–Crippen LogP) is 1.60. The summed E-state index contributed by atoms with van der Waals surface area (Å²) >= 11 is 0. The lowest BCUT2D eigenvalue weighted by Gasteiger charge is -2.30. The summed E-state index contributed by atoms with van der Waals surface area (Å²) in [4.78, 5) is 2.29. The van der Waals surface area contributed by atoms with Crippen molar-refractivity contribution < 1.29 is 9.13 Å². The molecule has 2 fully saturated rings. The van der Waals surface area contributed by atoms with Crippen molar-refractivity contribution in [3.63, 3.8) is 0 Å². The number of ether oxygens (including phenoxy) is 1. The third-order valence-corrected chi connectivity index (χ3v) is 3.34. The van der Waals surface area contributed by atoms with Crippen molar-refractivity contribution >= 4 is 0 Å². The highest BCUT2D eigenvalue weighted by atomic mass is 19.1. The zero-order valence-corrected chi connectivity index (χ0v) is 8.26. The van der Waals surface area contributed by atoms with Gasteiger partial charge in [0.2, 0.25) is 0 Å². The minimum Gasteiger partial charge on any atom is -0.380 e. The molecule has 2 aliphatic heterocycles. The topological polar surface area (TPSA) is 12.5 Å². The van der Waals surface area contributed by atoms with E-state index < -0.39 is 6.17 Å². The van der Waals surface area contributed by atoms with E-state index in [0.29, 0.717) is 13.0 Å². The zero-order valence-electron chi connectivity index (χ0n) is 8.26. The molecule has 0 bridgehead atoms. The van der Waals surface area contributed by atoms with Gasteiger partial charge < -0.3 is 4.74 Å². The molecule has 2 atom stereocenters. The number of nitrogens with zero attached hydrogens (tertiary/aromatic N) is 1. The van der Waals surface area contributed by atoms with Crippen molar-refractivity contribution in [2.45, 2.75) is 37.9 Å². The molecule has 2 heterocycles. The number of hydrogen-bond donors (Lipinski definition) is 0. The molecule has 13 heavy (non-hydrogen) atoms. The van der Waals surface area contributed by atoms with Gasteiger partial charge in [0.1, 0.15) is 6.17 Å². The Labute approximate surface area is 79.1 Å². The van der Waals surface area contributed by atoms with E-state index in [1.807, 2.05) is 6.92 Å². The molecule has 0 saturated carbocycles. The fourth-order valence-corrected chi connectivity index (χ4v) is 2.74. The van der Waals surface area contributed by atoms with Crippen LogP contribution in [0.25, 0.3) is 0 Å². The standard InChI is InChI=1S/C10H18FNO/c1-2-13-8-10-4-3-5-12(10)7-9(11)6-10/h9H,2-8H2,1H3/t9-,10+/m1/s1. The molecule has 0 radical (unpaired) electrons. The summed E-state index contributed by atoms with van der Waals surface area (Å²) in [6.07, 6.45) is 2.39. The molecule has 0 aliphatic carbocycles. The second-order valence-corrected chi connectivity index (χ2v) is 4.21. The van der Waals surface area contributed by atoms with Crippen LogP contribution in [0.4, 0.5) is 4.39 Å². The molecular formula is C10H18FNO. The van der Waals surface area contributed by atoms with Gasteiger partial charge in [-0.2, -0.15) is 0 Å². The van der Waals surface area contributed by atoms with Crippen molar-refractivity contribution in [2.24, 2.45) is 0 Å². The quantitative estimate of drug-likeness (QED) is 0.665. The molecule has 76 valence electrons. The summed E-state index contributed by atoms with van der Waals surface area (Å²) in [5.41, 5.74) is 0.0649. The normalized spacial score (nSPS) is 39.7.